The van der Waals surface area contributed by atoms with Gasteiger partial charge in [0.15, 0.2) is 10.8 Å². The minimum absolute atomic E-state index is 0.105. The molecule has 10 nitrogen and oxygen atoms in total. The molecule has 170 valence electrons. The van der Waals surface area contributed by atoms with Gasteiger partial charge in [0.25, 0.3) is 10.0 Å². The summed E-state index contributed by atoms with van der Waals surface area (Å²) in [7, 11) is -2.20. The van der Waals surface area contributed by atoms with Crippen LogP contribution in [-0.2, 0) is 17.1 Å². The van der Waals surface area contributed by atoms with Crippen molar-refractivity contribution in [1.82, 2.24) is 24.1 Å². The molecule has 1 aromatic carbocycles. The molecule has 11 heteroatoms. The zero-order valence-corrected chi connectivity index (χ0v) is 18.8. The van der Waals surface area contributed by atoms with E-state index in [-0.39, 0.29) is 28.4 Å². The van der Waals surface area contributed by atoms with Gasteiger partial charge < -0.3 is 14.9 Å². The number of nitrogen functional groups attached to an aromatic ring is 1. The first kappa shape index (κ1) is 21.1. The van der Waals surface area contributed by atoms with Crippen LogP contribution in [0.4, 0.5) is 11.5 Å². The van der Waals surface area contributed by atoms with Gasteiger partial charge in [-0.25, -0.2) is 15.0 Å². The molecule has 3 aromatic heterocycles. The maximum absolute atomic E-state index is 13.5. The Balaban J connectivity index is 1.52. The van der Waals surface area contributed by atoms with Crippen LogP contribution >= 0.6 is 0 Å². The third-order valence-electron chi connectivity index (χ3n) is 5.93. The zero-order chi connectivity index (χ0) is 23.2. The van der Waals surface area contributed by atoms with E-state index in [0.29, 0.717) is 22.2 Å². The van der Waals surface area contributed by atoms with Gasteiger partial charge in [0, 0.05) is 36.7 Å². The molecule has 0 unspecified atom stereocenters. The number of rotatable bonds is 6. The van der Waals surface area contributed by atoms with Gasteiger partial charge in [0.2, 0.25) is 0 Å². The van der Waals surface area contributed by atoms with Crippen molar-refractivity contribution in [3.63, 3.8) is 0 Å². The largest absolute Gasteiger partial charge is 0.383 e. The van der Waals surface area contributed by atoms with Gasteiger partial charge in [-0.2, -0.15) is 8.42 Å². The first-order valence-corrected chi connectivity index (χ1v) is 12.1. The lowest BCUT2D eigenvalue weighted by atomic mass is 10.0. The number of hydrogen-bond donors (Lipinski definition) is 2. The van der Waals surface area contributed by atoms with Gasteiger partial charge in [0.05, 0.1) is 17.3 Å². The molecule has 1 saturated carbocycles. The molecular weight excluding hydrogens is 442 g/mol. The van der Waals surface area contributed by atoms with Crippen molar-refractivity contribution in [2.75, 3.05) is 10.5 Å². The van der Waals surface area contributed by atoms with Crippen LogP contribution in [0.3, 0.4) is 0 Å². The lowest BCUT2D eigenvalue weighted by molar-refractivity contribution is 0.104. The molecule has 5 rings (SSSR count). The summed E-state index contributed by atoms with van der Waals surface area (Å²) >= 11 is 0. The summed E-state index contributed by atoms with van der Waals surface area (Å²) in [6.07, 6.45) is 10.3. The number of ketones is 1. The van der Waals surface area contributed by atoms with E-state index < -0.39 is 10.0 Å². The van der Waals surface area contributed by atoms with E-state index >= 15 is 0 Å². The van der Waals surface area contributed by atoms with E-state index in [4.69, 9.17) is 5.73 Å². The number of carbonyl (C=O) groups excluding carboxylic acids is 1. The molecule has 0 saturated heterocycles. The highest BCUT2D eigenvalue weighted by Gasteiger charge is 2.26. The molecule has 0 aliphatic heterocycles. The SMILES string of the molecule is Cn1cnc(S(=O)(=O)Nc2cccc(C(=O)c3cn(C4CCCC4)c4ncnc(N)c34)c2)c1. The normalized spacial score (nSPS) is 14.7. The number of aromatic nitrogens is 5. The van der Waals surface area contributed by atoms with Crippen LogP contribution in [0.15, 0.2) is 54.3 Å². The first-order valence-electron chi connectivity index (χ1n) is 10.6. The number of aryl methyl sites for hydroxylation is 1. The second-order valence-corrected chi connectivity index (χ2v) is 9.87. The Morgan fingerprint density at radius 1 is 1.15 bits per heavy atom. The minimum Gasteiger partial charge on any atom is -0.383 e. The molecule has 3 heterocycles. The summed E-state index contributed by atoms with van der Waals surface area (Å²) in [6.45, 7) is 0. The maximum atomic E-state index is 13.5. The molecule has 0 spiro atoms. The van der Waals surface area contributed by atoms with E-state index in [1.54, 1.807) is 36.0 Å². The number of carbonyl (C=O) groups is 1. The second-order valence-electron chi connectivity index (χ2n) is 8.24. The standard InChI is InChI=1S/C22H23N7O3S/c1-28-11-18(26-13-28)33(31,32)27-15-6-4-5-14(9-15)20(30)17-10-29(16-7-2-3-8-16)22-19(17)21(23)24-12-25-22/h4-6,9-13,16,27H,2-3,7-8H2,1H3,(H2,23,24,25). The molecule has 0 amide bonds. The van der Waals surface area contributed by atoms with Crippen molar-refractivity contribution >= 4 is 38.3 Å². The molecule has 1 aliphatic rings. The first-order chi connectivity index (χ1) is 15.8. The van der Waals surface area contributed by atoms with Crippen molar-refractivity contribution in [2.24, 2.45) is 7.05 Å². The highest BCUT2D eigenvalue weighted by Crippen LogP contribution is 2.35. The summed E-state index contributed by atoms with van der Waals surface area (Å²) in [6, 6.07) is 6.61. The van der Waals surface area contributed by atoms with E-state index in [1.165, 1.54) is 24.9 Å². The Kier molecular flexibility index (Phi) is 5.12. The van der Waals surface area contributed by atoms with Crippen LogP contribution in [-0.4, -0.2) is 38.3 Å². The predicted octanol–water partition coefficient (Wildman–Crippen LogP) is 2.89. The Bertz CT molecular complexity index is 1470. The molecule has 1 fully saturated rings. The number of nitrogens with two attached hydrogens (primary N) is 1. The third-order valence-corrected chi connectivity index (χ3v) is 7.20. The highest BCUT2D eigenvalue weighted by molar-refractivity contribution is 7.92. The van der Waals surface area contributed by atoms with Gasteiger partial charge in [-0.3, -0.25) is 9.52 Å². The molecule has 33 heavy (non-hydrogen) atoms. The summed E-state index contributed by atoms with van der Waals surface area (Å²) < 4.78 is 31.3. The fraction of sp³-hybridized carbons (Fsp3) is 0.273. The summed E-state index contributed by atoms with van der Waals surface area (Å²) in [5.74, 6) is -0.0377. The van der Waals surface area contributed by atoms with Crippen LogP contribution in [0.2, 0.25) is 0 Å². The van der Waals surface area contributed by atoms with Crippen molar-refractivity contribution in [3.05, 3.63) is 60.4 Å². The average molecular weight is 466 g/mol. The molecule has 0 bridgehead atoms. The monoisotopic (exact) mass is 465 g/mol. The molecule has 1 aliphatic carbocycles. The number of anilines is 2. The number of sulfonamides is 1. The summed E-state index contributed by atoms with van der Waals surface area (Å²) in [5.41, 5.74) is 7.78. The van der Waals surface area contributed by atoms with Gasteiger partial charge in [0.1, 0.15) is 17.8 Å². The van der Waals surface area contributed by atoms with E-state index in [1.807, 2.05) is 4.57 Å². The van der Waals surface area contributed by atoms with Gasteiger partial charge in [-0.15, -0.1) is 0 Å². The maximum Gasteiger partial charge on any atom is 0.280 e. The molecule has 3 N–H and O–H groups in total. The number of hydrogen-bond acceptors (Lipinski definition) is 7. The van der Waals surface area contributed by atoms with Crippen LogP contribution < -0.4 is 10.5 Å². The Labute approximate surface area is 190 Å². The van der Waals surface area contributed by atoms with Crippen molar-refractivity contribution in [1.29, 1.82) is 0 Å². The van der Waals surface area contributed by atoms with Crippen molar-refractivity contribution in [2.45, 2.75) is 36.8 Å². The summed E-state index contributed by atoms with van der Waals surface area (Å²) in [4.78, 5) is 25.9. The molecule has 0 atom stereocenters. The Morgan fingerprint density at radius 3 is 2.67 bits per heavy atom. The van der Waals surface area contributed by atoms with Crippen molar-refractivity contribution in [3.8, 4) is 0 Å². The van der Waals surface area contributed by atoms with E-state index in [9.17, 15) is 13.2 Å². The van der Waals surface area contributed by atoms with Crippen LogP contribution in [0.5, 0.6) is 0 Å². The van der Waals surface area contributed by atoms with Gasteiger partial charge in [-0.1, -0.05) is 25.0 Å². The number of benzene rings is 1. The van der Waals surface area contributed by atoms with Gasteiger partial charge in [-0.05, 0) is 25.0 Å². The number of fused-ring (bicyclic) bond motifs is 1. The van der Waals surface area contributed by atoms with Crippen molar-refractivity contribution < 1.29 is 13.2 Å². The lowest BCUT2D eigenvalue weighted by Gasteiger charge is -2.12. The fourth-order valence-corrected chi connectivity index (χ4v) is 5.39. The predicted molar refractivity (Wildman–Crippen MR) is 123 cm³/mol. The zero-order valence-electron chi connectivity index (χ0n) is 18.0. The van der Waals surface area contributed by atoms with Crippen LogP contribution in [0.1, 0.15) is 47.6 Å². The lowest BCUT2D eigenvalue weighted by Crippen LogP contribution is -2.14. The third kappa shape index (κ3) is 3.84. The Hall–Kier alpha value is -3.73. The smallest absolute Gasteiger partial charge is 0.280 e. The second kappa shape index (κ2) is 8.00. The number of imidazole rings is 1. The Morgan fingerprint density at radius 2 is 1.94 bits per heavy atom. The average Bonchev–Trinajstić information content (AvgIpc) is 3.53. The van der Waals surface area contributed by atoms with Crippen LogP contribution in [0, 0.1) is 0 Å². The van der Waals surface area contributed by atoms with E-state index in [0.717, 1.165) is 25.7 Å². The molecule has 0 radical (unpaired) electrons. The number of nitrogens with one attached hydrogen (secondary N) is 1. The van der Waals surface area contributed by atoms with Gasteiger partial charge >= 0.3 is 0 Å². The highest BCUT2D eigenvalue weighted by atomic mass is 32.2. The quantitative estimate of drug-likeness (QED) is 0.418. The van der Waals surface area contributed by atoms with Crippen LogP contribution in [0.25, 0.3) is 11.0 Å². The fourth-order valence-electron chi connectivity index (χ4n) is 4.36. The van der Waals surface area contributed by atoms with E-state index in [2.05, 4.69) is 19.7 Å². The molecule has 4 aromatic rings. The minimum atomic E-state index is -3.89. The number of nitrogens with zero attached hydrogens (tertiary/aromatic N) is 5. The topological polar surface area (TPSA) is 138 Å². The molecular formula is C22H23N7O3S. The summed E-state index contributed by atoms with van der Waals surface area (Å²) in [5, 5.41) is 0.417.